The van der Waals surface area contributed by atoms with Crippen molar-refractivity contribution < 1.29 is 29.0 Å². The summed E-state index contributed by atoms with van der Waals surface area (Å²) in [5.74, 6) is -0.320. The smallest absolute Gasteiger partial charge is 0.338 e. The van der Waals surface area contributed by atoms with Crippen LogP contribution in [0.2, 0.25) is 0 Å². The normalized spacial score (nSPS) is 15.0. The Bertz CT molecular complexity index is 1730. The molecule has 0 bridgehead atoms. The van der Waals surface area contributed by atoms with E-state index >= 15 is 0 Å². The second-order valence-corrected chi connectivity index (χ2v) is 10.9. The third-order valence-electron chi connectivity index (χ3n) is 5.87. The van der Waals surface area contributed by atoms with Gasteiger partial charge in [0.25, 0.3) is 5.56 Å². The molecule has 1 aliphatic heterocycles. The number of nitro benzene ring substituents is 1. The monoisotopic (exact) mass is 681 g/mol. The molecule has 1 N–H and O–H groups in total. The molecule has 204 valence electrons. The fourth-order valence-electron chi connectivity index (χ4n) is 4.14. The van der Waals surface area contributed by atoms with Crippen LogP contribution in [0.5, 0.6) is 17.2 Å². The van der Waals surface area contributed by atoms with Gasteiger partial charge in [-0.15, -0.1) is 0 Å². The zero-order chi connectivity index (χ0) is 28.6. The summed E-state index contributed by atoms with van der Waals surface area (Å²) in [6, 6.07) is 5.03. The van der Waals surface area contributed by atoms with Crippen molar-refractivity contribution in [1.29, 1.82) is 0 Å². The minimum Gasteiger partial charge on any atom is -0.501 e. The quantitative estimate of drug-likeness (QED) is 0.224. The molecule has 0 saturated carbocycles. The number of methoxy groups -OCH3 is 2. The largest absolute Gasteiger partial charge is 0.501 e. The fourth-order valence-corrected chi connectivity index (χ4v) is 6.20. The number of aromatic nitrogens is 1. The van der Waals surface area contributed by atoms with E-state index in [-0.39, 0.29) is 21.2 Å². The van der Waals surface area contributed by atoms with Crippen molar-refractivity contribution in [2.24, 2.45) is 4.99 Å². The van der Waals surface area contributed by atoms with E-state index in [2.05, 4.69) is 36.9 Å². The van der Waals surface area contributed by atoms with Crippen molar-refractivity contribution >= 4 is 60.9 Å². The van der Waals surface area contributed by atoms with Crippen LogP contribution in [0.3, 0.4) is 0 Å². The molecule has 2 aromatic carbocycles. The van der Waals surface area contributed by atoms with E-state index in [1.54, 1.807) is 26.0 Å². The number of ether oxygens (including phenoxy) is 3. The SMILES string of the molecule is CCOC(=O)C1=C(C)N=c2s/c(=C\c3cc(Br)c(O)c([N+](=O)[O-])c3)c(=O)n2[C@H]1c1cc(OC)c(OC)cc1Br. The number of carbonyl (C=O) groups is 1. The predicted molar refractivity (Wildman–Crippen MR) is 150 cm³/mol. The van der Waals surface area contributed by atoms with Crippen molar-refractivity contribution in [3.05, 3.63) is 85.4 Å². The molecular weight excluding hydrogens is 662 g/mol. The third kappa shape index (κ3) is 5.23. The van der Waals surface area contributed by atoms with Gasteiger partial charge in [-0.05, 0) is 65.2 Å². The fraction of sp³-hybridized carbons (Fsp3) is 0.240. The Hall–Kier alpha value is -3.49. The van der Waals surface area contributed by atoms with Crippen LogP contribution in [0, 0.1) is 10.1 Å². The Morgan fingerprint density at radius 3 is 2.49 bits per heavy atom. The molecule has 11 nitrogen and oxygen atoms in total. The summed E-state index contributed by atoms with van der Waals surface area (Å²) in [7, 11) is 2.97. The summed E-state index contributed by atoms with van der Waals surface area (Å²) in [6.45, 7) is 3.46. The highest BCUT2D eigenvalue weighted by Gasteiger charge is 2.35. The number of halogens is 2. The highest BCUT2D eigenvalue weighted by Crippen LogP contribution is 2.41. The van der Waals surface area contributed by atoms with Crippen molar-refractivity contribution in [3.63, 3.8) is 0 Å². The van der Waals surface area contributed by atoms with Gasteiger partial charge in [0.2, 0.25) is 5.75 Å². The number of fused-ring (bicyclic) bond motifs is 1. The van der Waals surface area contributed by atoms with Gasteiger partial charge in [-0.1, -0.05) is 27.3 Å². The summed E-state index contributed by atoms with van der Waals surface area (Å²) >= 11 is 7.71. The number of phenols is 1. The van der Waals surface area contributed by atoms with Gasteiger partial charge in [0.1, 0.15) is 0 Å². The van der Waals surface area contributed by atoms with Gasteiger partial charge in [0.15, 0.2) is 16.3 Å². The number of hydrogen-bond acceptors (Lipinski definition) is 10. The molecule has 0 unspecified atom stereocenters. The van der Waals surface area contributed by atoms with Crippen molar-refractivity contribution in [2.45, 2.75) is 19.9 Å². The Labute approximate surface area is 242 Å². The van der Waals surface area contributed by atoms with E-state index in [1.807, 2.05) is 0 Å². The Balaban J connectivity index is 2.02. The van der Waals surface area contributed by atoms with Gasteiger partial charge in [0.05, 0.1) is 52.1 Å². The second kappa shape index (κ2) is 11.3. The highest BCUT2D eigenvalue weighted by atomic mass is 79.9. The third-order valence-corrected chi connectivity index (χ3v) is 8.15. The van der Waals surface area contributed by atoms with Crippen LogP contribution < -0.4 is 24.4 Å². The van der Waals surface area contributed by atoms with Crippen LogP contribution >= 0.6 is 43.2 Å². The molecule has 0 aliphatic carbocycles. The van der Waals surface area contributed by atoms with E-state index in [4.69, 9.17) is 14.2 Å². The lowest BCUT2D eigenvalue weighted by Crippen LogP contribution is -2.40. The molecule has 3 aromatic rings. The minimum atomic E-state index is -0.933. The average Bonchev–Trinajstić information content (AvgIpc) is 3.19. The van der Waals surface area contributed by atoms with E-state index < -0.39 is 33.9 Å². The van der Waals surface area contributed by atoms with Gasteiger partial charge >= 0.3 is 11.7 Å². The second-order valence-electron chi connectivity index (χ2n) is 8.16. The molecule has 1 aromatic heterocycles. The first-order valence-electron chi connectivity index (χ1n) is 11.3. The Morgan fingerprint density at radius 1 is 1.21 bits per heavy atom. The first-order chi connectivity index (χ1) is 18.5. The average molecular weight is 683 g/mol. The number of benzene rings is 2. The van der Waals surface area contributed by atoms with Gasteiger partial charge in [-0.25, -0.2) is 9.79 Å². The number of carbonyl (C=O) groups excluding carboxylic acids is 1. The number of hydrogen-bond donors (Lipinski definition) is 1. The zero-order valence-electron chi connectivity index (χ0n) is 21.0. The summed E-state index contributed by atoms with van der Waals surface area (Å²) in [4.78, 5) is 42.5. The number of phenolic OH excluding ortho intramolecular Hbond substituents is 1. The number of esters is 1. The summed E-state index contributed by atoms with van der Waals surface area (Å²) in [5.41, 5.74) is 0.382. The van der Waals surface area contributed by atoms with E-state index in [9.17, 15) is 24.8 Å². The zero-order valence-corrected chi connectivity index (χ0v) is 25.0. The standard InChI is InChI=1S/C25H21Br2N3O8S/c1-5-38-24(33)20-11(2)28-25-29(21(20)13-9-17(36-3)18(37-4)10-14(13)26)23(32)19(39-25)8-12-6-15(27)22(31)16(7-12)30(34)35/h6-10,21,31H,5H2,1-4H3/b19-8-/t21-/m0/s1. The topological polar surface area (TPSA) is 142 Å². The van der Waals surface area contributed by atoms with Gasteiger partial charge in [-0.3, -0.25) is 19.5 Å². The molecule has 2 heterocycles. The molecule has 39 heavy (non-hydrogen) atoms. The maximum absolute atomic E-state index is 13.8. The maximum Gasteiger partial charge on any atom is 0.338 e. The Morgan fingerprint density at radius 2 is 1.87 bits per heavy atom. The molecule has 0 fully saturated rings. The number of nitrogens with zero attached hydrogens (tertiary/aromatic N) is 3. The van der Waals surface area contributed by atoms with Crippen LogP contribution in [0.4, 0.5) is 5.69 Å². The molecule has 1 aliphatic rings. The molecule has 4 rings (SSSR count). The molecule has 14 heteroatoms. The molecular formula is C25H21Br2N3O8S. The minimum absolute atomic E-state index is 0.100. The summed E-state index contributed by atoms with van der Waals surface area (Å²) < 4.78 is 18.4. The molecule has 0 saturated heterocycles. The van der Waals surface area contributed by atoms with Crippen molar-refractivity contribution in [3.8, 4) is 17.2 Å². The number of rotatable bonds is 7. The summed E-state index contributed by atoms with van der Waals surface area (Å²) in [6.07, 6.45) is 1.46. The van der Waals surface area contributed by atoms with Gasteiger partial charge in [-0.2, -0.15) is 0 Å². The van der Waals surface area contributed by atoms with Crippen LogP contribution in [0.15, 0.2) is 54.3 Å². The molecule has 0 radical (unpaired) electrons. The van der Waals surface area contributed by atoms with Crippen LogP contribution in [0.25, 0.3) is 6.08 Å². The van der Waals surface area contributed by atoms with Crippen molar-refractivity contribution in [2.75, 3.05) is 20.8 Å². The number of nitro groups is 1. The van der Waals surface area contributed by atoms with Crippen LogP contribution in [-0.4, -0.2) is 41.4 Å². The number of aromatic hydroxyl groups is 1. The first kappa shape index (κ1) is 28.5. The molecule has 0 amide bonds. The lowest BCUT2D eigenvalue weighted by molar-refractivity contribution is -0.386. The van der Waals surface area contributed by atoms with Crippen LogP contribution in [-0.2, 0) is 9.53 Å². The molecule has 1 atom stereocenters. The Kier molecular flexibility index (Phi) is 8.28. The number of allylic oxidation sites excluding steroid dienone is 1. The van der Waals surface area contributed by atoms with E-state index in [0.717, 1.165) is 17.4 Å². The lowest BCUT2D eigenvalue weighted by atomic mass is 9.95. The highest BCUT2D eigenvalue weighted by molar-refractivity contribution is 9.10. The van der Waals surface area contributed by atoms with E-state index in [0.29, 0.717) is 37.6 Å². The van der Waals surface area contributed by atoms with Gasteiger partial charge < -0.3 is 19.3 Å². The maximum atomic E-state index is 13.8. The predicted octanol–water partition coefficient (Wildman–Crippen LogP) is 3.95. The number of thiazole rings is 1. The van der Waals surface area contributed by atoms with Gasteiger partial charge in [0, 0.05) is 10.5 Å². The van der Waals surface area contributed by atoms with Crippen LogP contribution in [0.1, 0.15) is 31.0 Å². The first-order valence-corrected chi connectivity index (χ1v) is 13.7. The van der Waals surface area contributed by atoms with Crippen molar-refractivity contribution in [1.82, 2.24) is 4.57 Å². The van der Waals surface area contributed by atoms with E-state index in [1.165, 1.54) is 30.9 Å². The summed E-state index contributed by atoms with van der Waals surface area (Å²) in [5, 5.41) is 21.4. The lowest BCUT2D eigenvalue weighted by Gasteiger charge is -2.26. The molecule has 0 spiro atoms.